The van der Waals surface area contributed by atoms with Crippen molar-refractivity contribution >= 4 is 0 Å². The summed E-state index contributed by atoms with van der Waals surface area (Å²) >= 11 is 0. The van der Waals surface area contributed by atoms with E-state index in [0.717, 1.165) is 18.1 Å². The fourth-order valence-corrected chi connectivity index (χ4v) is 2.77. The first kappa shape index (κ1) is 14.3. The first-order valence-electron chi connectivity index (χ1n) is 6.23. The van der Waals surface area contributed by atoms with Crippen molar-refractivity contribution in [1.29, 1.82) is 0 Å². The number of nitrogens with two attached hydrogens (primary N) is 1. The second-order valence-electron chi connectivity index (χ2n) is 6.10. The van der Waals surface area contributed by atoms with Crippen molar-refractivity contribution in [3.05, 3.63) is 23.7 Å². The summed E-state index contributed by atoms with van der Waals surface area (Å²) in [7, 11) is 2.11. The van der Waals surface area contributed by atoms with Crippen molar-refractivity contribution in [2.75, 3.05) is 7.05 Å². The van der Waals surface area contributed by atoms with Crippen LogP contribution in [0.3, 0.4) is 0 Å². The predicted molar refractivity (Wildman–Crippen MR) is 71.8 cm³/mol. The van der Waals surface area contributed by atoms with Crippen molar-refractivity contribution in [2.24, 2.45) is 11.1 Å². The van der Waals surface area contributed by atoms with Crippen LogP contribution in [0.15, 0.2) is 16.5 Å². The number of furan rings is 1. The molecular weight excluding hydrogens is 212 g/mol. The van der Waals surface area contributed by atoms with Crippen molar-refractivity contribution < 1.29 is 4.42 Å². The Balaban J connectivity index is 2.76. The maximum atomic E-state index is 6.11. The van der Waals surface area contributed by atoms with Crippen LogP contribution in [-0.2, 0) is 6.54 Å². The first-order valence-corrected chi connectivity index (χ1v) is 6.23. The number of nitrogens with zero attached hydrogens (tertiary/aromatic N) is 1. The Labute approximate surface area is 105 Å². The average Bonchev–Trinajstić information content (AvgIpc) is 2.46. The summed E-state index contributed by atoms with van der Waals surface area (Å²) < 4.78 is 5.61. The van der Waals surface area contributed by atoms with Gasteiger partial charge in [0.1, 0.15) is 11.5 Å². The molecule has 0 bridgehead atoms. The van der Waals surface area contributed by atoms with Gasteiger partial charge in [-0.05, 0) is 38.4 Å². The van der Waals surface area contributed by atoms with Crippen LogP contribution in [-0.4, -0.2) is 24.0 Å². The lowest BCUT2D eigenvalue weighted by Gasteiger charge is -2.40. The van der Waals surface area contributed by atoms with Gasteiger partial charge >= 0.3 is 0 Å². The Bertz CT molecular complexity index is 349. The molecule has 3 nitrogen and oxygen atoms in total. The lowest BCUT2D eigenvalue weighted by Crippen LogP contribution is -2.51. The van der Waals surface area contributed by atoms with Gasteiger partial charge in [-0.15, -0.1) is 0 Å². The minimum absolute atomic E-state index is 0.135. The van der Waals surface area contributed by atoms with Crippen molar-refractivity contribution in [2.45, 2.75) is 53.2 Å². The van der Waals surface area contributed by atoms with Gasteiger partial charge in [0.05, 0.1) is 6.54 Å². The third-order valence-electron chi connectivity index (χ3n) is 3.06. The molecular formula is C14H26N2O. The summed E-state index contributed by atoms with van der Waals surface area (Å²) in [5.41, 5.74) is 6.27. The highest BCUT2D eigenvalue weighted by Crippen LogP contribution is 2.26. The van der Waals surface area contributed by atoms with Gasteiger partial charge in [0.15, 0.2) is 0 Å². The number of likely N-dealkylation sites (N-methyl/N-ethyl adjacent to an activating group) is 1. The number of rotatable bonds is 4. The van der Waals surface area contributed by atoms with Crippen LogP contribution >= 0.6 is 0 Å². The van der Waals surface area contributed by atoms with E-state index in [2.05, 4.69) is 39.6 Å². The van der Waals surface area contributed by atoms with Crippen LogP contribution in [0.25, 0.3) is 0 Å². The van der Waals surface area contributed by atoms with Gasteiger partial charge in [0, 0.05) is 12.1 Å². The Morgan fingerprint density at radius 3 is 2.29 bits per heavy atom. The predicted octanol–water partition coefficient (Wildman–Crippen LogP) is 2.78. The molecule has 2 unspecified atom stereocenters. The summed E-state index contributed by atoms with van der Waals surface area (Å²) in [4.78, 5) is 2.28. The highest BCUT2D eigenvalue weighted by Gasteiger charge is 2.31. The van der Waals surface area contributed by atoms with E-state index >= 15 is 0 Å². The molecule has 3 heteroatoms. The molecule has 0 amide bonds. The Morgan fingerprint density at radius 2 is 1.94 bits per heavy atom. The van der Waals surface area contributed by atoms with Gasteiger partial charge < -0.3 is 10.2 Å². The zero-order valence-corrected chi connectivity index (χ0v) is 11.9. The molecule has 0 aliphatic heterocycles. The Morgan fingerprint density at radius 1 is 1.35 bits per heavy atom. The second-order valence-corrected chi connectivity index (χ2v) is 6.10. The fraction of sp³-hybridized carbons (Fsp3) is 0.714. The van der Waals surface area contributed by atoms with E-state index in [1.54, 1.807) is 0 Å². The van der Waals surface area contributed by atoms with Gasteiger partial charge in [0.25, 0.3) is 0 Å². The molecule has 2 N–H and O–H groups in total. The Hall–Kier alpha value is -0.800. The molecule has 1 aromatic rings. The third-order valence-corrected chi connectivity index (χ3v) is 3.06. The molecule has 98 valence electrons. The van der Waals surface area contributed by atoms with Crippen LogP contribution in [0, 0.1) is 12.3 Å². The topological polar surface area (TPSA) is 42.4 Å². The van der Waals surface area contributed by atoms with E-state index in [0.29, 0.717) is 6.04 Å². The zero-order valence-electron chi connectivity index (χ0n) is 11.9. The van der Waals surface area contributed by atoms with E-state index in [4.69, 9.17) is 10.2 Å². The molecule has 0 aliphatic rings. The molecule has 0 fully saturated rings. The van der Waals surface area contributed by atoms with E-state index in [9.17, 15) is 0 Å². The van der Waals surface area contributed by atoms with Gasteiger partial charge in [-0.1, -0.05) is 20.8 Å². The molecule has 1 aromatic heterocycles. The largest absolute Gasteiger partial charge is 0.465 e. The maximum Gasteiger partial charge on any atom is 0.118 e. The molecule has 0 saturated heterocycles. The van der Waals surface area contributed by atoms with E-state index in [1.165, 1.54) is 0 Å². The van der Waals surface area contributed by atoms with E-state index in [-0.39, 0.29) is 11.5 Å². The molecule has 1 rings (SSSR count). The molecule has 17 heavy (non-hydrogen) atoms. The molecule has 0 saturated carbocycles. The fourth-order valence-electron chi connectivity index (χ4n) is 2.77. The number of hydrogen-bond donors (Lipinski definition) is 1. The van der Waals surface area contributed by atoms with Crippen molar-refractivity contribution in [3.63, 3.8) is 0 Å². The zero-order chi connectivity index (χ0) is 13.2. The lowest BCUT2D eigenvalue weighted by atomic mass is 9.82. The minimum atomic E-state index is 0.135. The highest BCUT2D eigenvalue weighted by atomic mass is 16.3. The molecule has 0 spiro atoms. The summed E-state index contributed by atoms with van der Waals surface area (Å²) in [5.74, 6) is 1.96. The third kappa shape index (κ3) is 3.86. The second kappa shape index (κ2) is 5.23. The Kier molecular flexibility index (Phi) is 4.39. The van der Waals surface area contributed by atoms with E-state index < -0.39 is 0 Å². The van der Waals surface area contributed by atoms with Crippen molar-refractivity contribution in [1.82, 2.24) is 4.90 Å². The quantitative estimate of drug-likeness (QED) is 0.877. The highest BCUT2D eigenvalue weighted by molar-refractivity contribution is 5.06. The molecule has 1 heterocycles. The first-order chi connectivity index (χ1) is 7.71. The SMILES string of the molecule is Cc1ccc(CN(C)C(C(C)N)C(C)(C)C)o1. The number of aryl methyl sites for hydroxylation is 1. The van der Waals surface area contributed by atoms with Gasteiger partial charge in [-0.25, -0.2) is 0 Å². The van der Waals surface area contributed by atoms with Gasteiger partial charge in [-0.2, -0.15) is 0 Å². The van der Waals surface area contributed by atoms with Crippen molar-refractivity contribution in [3.8, 4) is 0 Å². The van der Waals surface area contributed by atoms with Gasteiger partial charge in [0.2, 0.25) is 0 Å². The van der Waals surface area contributed by atoms with Crippen LogP contribution in [0.5, 0.6) is 0 Å². The van der Waals surface area contributed by atoms with Gasteiger partial charge in [-0.3, -0.25) is 4.90 Å². The monoisotopic (exact) mass is 238 g/mol. The van der Waals surface area contributed by atoms with Crippen LogP contribution in [0.4, 0.5) is 0 Å². The van der Waals surface area contributed by atoms with E-state index in [1.807, 2.05) is 19.1 Å². The summed E-state index contributed by atoms with van der Waals surface area (Å²) in [6.07, 6.45) is 0. The molecule has 2 atom stereocenters. The summed E-state index contributed by atoms with van der Waals surface area (Å²) in [6.45, 7) is 11.5. The molecule has 0 radical (unpaired) electrons. The summed E-state index contributed by atoms with van der Waals surface area (Å²) in [6, 6.07) is 4.50. The smallest absolute Gasteiger partial charge is 0.118 e. The normalized spacial score (nSPS) is 16.2. The minimum Gasteiger partial charge on any atom is -0.465 e. The molecule has 0 aromatic carbocycles. The van der Waals surface area contributed by atoms with Crippen LogP contribution < -0.4 is 5.73 Å². The average molecular weight is 238 g/mol. The van der Waals surface area contributed by atoms with Crippen LogP contribution in [0.1, 0.15) is 39.2 Å². The molecule has 0 aliphatic carbocycles. The number of hydrogen-bond acceptors (Lipinski definition) is 3. The standard InChI is InChI=1S/C14H26N2O/c1-10-7-8-12(17-10)9-16(6)13(11(2)15)14(3,4)5/h7-8,11,13H,9,15H2,1-6H3. The maximum absolute atomic E-state index is 6.11. The summed E-state index contributed by atoms with van der Waals surface area (Å²) in [5, 5.41) is 0. The van der Waals surface area contributed by atoms with Crippen LogP contribution in [0.2, 0.25) is 0 Å². The lowest BCUT2D eigenvalue weighted by molar-refractivity contribution is 0.0939.